The Morgan fingerprint density at radius 3 is 2.64 bits per heavy atom. The van der Waals surface area contributed by atoms with Gasteiger partial charge in [0.1, 0.15) is 5.82 Å². The zero-order valence-corrected chi connectivity index (χ0v) is 19.9. The van der Waals surface area contributed by atoms with Crippen molar-refractivity contribution in [3.8, 4) is 0 Å². The molecule has 0 radical (unpaired) electrons. The number of anilines is 2. The van der Waals surface area contributed by atoms with E-state index >= 15 is 4.39 Å². The molecule has 1 saturated carbocycles. The lowest BCUT2D eigenvalue weighted by Gasteiger charge is -2.44. The molecule has 2 fully saturated rings. The minimum absolute atomic E-state index is 0.0460. The lowest BCUT2D eigenvalue weighted by molar-refractivity contribution is -0.154. The largest absolute Gasteiger partial charge is 0.348 e. The molecule has 1 aliphatic carbocycles. The summed E-state index contributed by atoms with van der Waals surface area (Å²) in [6.45, 7) is 7.09. The van der Waals surface area contributed by atoms with E-state index in [1.807, 2.05) is 18.9 Å². The maximum Gasteiger partial charge on any atom is 0.243 e. The first-order chi connectivity index (χ1) is 15.7. The summed E-state index contributed by atoms with van der Waals surface area (Å²) in [6.07, 6.45) is 5.10. The molecule has 11 heteroatoms. The van der Waals surface area contributed by atoms with Crippen LogP contribution in [0.5, 0.6) is 0 Å². The second-order valence-electron chi connectivity index (χ2n) is 9.34. The summed E-state index contributed by atoms with van der Waals surface area (Å²) in [7, 11) is 2.04. The maximum absolute atomic E-state index is 15.4. The Morgan fingerprint density at radius 1 is 1.27 bits per heavy atom. The van der Waals surface area contributed by atoms with Crippen LogP contribution < -0.4 is 15.8 Å². The molecule has 1 saturated heterocycles. The van der Waals surface area contributed by atoms with E-state index in [0.717, 1.165) is 32.2 Å². The molecule has 33 heavy (non-hydrogen) atoms. The van der Waals surface area contributed by atoms with E-state index < -0.39 is 17.6 Å². The number of hydrazine groups is 1. The molecule has 3 rings (SSSR count). The molecule has 10 nitrogen and oxygen atoms in total. The summed E-state index contributed by atoms with van der Waals surface area (Å²) in [5.74, 6) is -0.842. The quantitative estimate of drug-likeness (QED) is 0.288. The van der Waals surface area contributed by atoms with Crippen molar-refractivity contribution in [1.29, 1.82) is 0 Å². The van der Waals surface area contributed by atoms with Gasteiger partial charge in [0, 0.05) is 25.2 Å². The van der Waals surface area contributed by atoms with Gasteiger partial charge < -0.3 is 4.90 Å². The monoisotopic (exact) mass is 465 g/mol. The molecule has 0 bridgehead atoms. The van der Waals surface area contributed by atoms with Crippen molar-refractivity contribution in [2.75, 3.05) is 37.0 Å². The molecule has 1 aromatic heterocycles. The summed E-state index contributed by atoms with van der Waals surface area (Å²) in [4.78, 5) is 36.4. The SMILES string of the molecule is Cc1nc(NNC(=O)[C@H](CC2CCCC2)CN(O)C=O)c(F)c(N2CCN(C)C(C)C2C)n1. The fourth-order valence-electron chi connectivity index (χ4n) is 4.82. The van der Waals surface area contributed by atoms with Crippen molar-refractivity contribution in [1.82, 2.24) is 25.4 Å². The maximum atomic E-state index is 15.4. The molecule has 2 aliphatic rings. The standard InChI is InChI=1S/C22H36FN7O3/c1-14-15(2)30(10-9-28(14)4)21-19(23)20(24-16(3)25-21)26-27-22(32)18(12-29(33)13-31)11-17-7-5-6-8-17/h13-15,17-18,33H,5-12H2,1-4H3,(H,27,32)(H,24,25,26)/t14?,15?,18-/m1/s1. The first-order valence-electron chi connectivity index (χ1n) is 11.7. The minimum Gasteiger partial charge on any atom is -0.348 e. The summed E-state index contributed by atoms with van der Waals surface area (Å²) in [5, 5.41) is 10.1. The average Bonchev–Trinajstić information content (AvgIpc) is 3.30. The second kappa shape index (κ2) is 11.1. The van der Waals surface area contributed by atoms with Gasteiger partial charge in [-0.2, -0.15) is 4.39 Å². The van der Waals surface area contributed by atoms with E-state index in [1.54, 1.807) is 6.92 Å². The fraction of sp³-hybridized carbons (Fsp3) is 0.727. The highest BCUT2D eigenvalue weighted by Crippen LogP contribution is 2.31. The van der Waals surface area contributed by atoms with Crippen molar-refractivity contribution >= 4 is 24.0 Å². The number of carbonyl (C=O) groups is 2. The van der Waals surface area contributed by atoms with Crippen LogP contribution in [0.15, 0.2) is 0 Å². The van der Waals surface area contributed by atoms with Gasteiger partial charge in [0.2, 0.25) is 18.1 Å². The minimum atomic E-state index is -0.631. The number of carbonyl (C=O) groups excluding carboxylic acids is 2. The van der Waals surface area contributed by atoms with Gasteiger partial charge in [0.25, 0.3) is 0 Å². The Balaban J connectivity index is 1.72. The average molecular weight is 466 g/mol. The van der Waals surface area contributed by atoms with Gasteiger partial charge in [-0.3, -0.25) is 30.5 Å². The number of hydroxylamine groups is 2. The summed E-state index contributed by atoms with van der Waals surface area (Å²) < 4.78 is 15.4. The molecule has 2 heterocycles. The van der Waals surface area contributed by atoms with Gasteiger partial charge in [0.15, 0.2) is 11.6 Å². The highest BCUT2D eigenvalue weighted by atomic mass is 19.1. The highest BCUT2D eigenvalue weighted by molar-refractivity contribution is 5.80. The Bertz CT molecular complexity index is 836. The van der Waals surface area contributed by atoms with Crippen LogP contribution in [0.2, 0.25) is 0 Å². The van der Waals surface area contributed by atoms with Crippen molar-refractivity contribution < 1.29 is 19.2 Å². The molecule has 2 amide bonds. The van der Waals surface area contributed by atoms with Crippen LogP contribution in [0.25, 0.3) is 0 Å². The number of halogens is 1. The number of hydrogen-bond acceptors (Lipinski definition) is 8. The third-order valence-corrected chi connectivity index (χ3v) is 7.09. The van der Waals surface area contributed by atoms with Gasteiger partial charge in [-0.15, -0.1) is 0 Å². The second-order valence-corrected chi connectivity index (χ2v) is 9.34. The van der Waals surface area contributed by atoms with E-state index in [2.05, 4.69) is 32.6 Å². The molecule has 0 spiro atoms. The number of nitrogens with zero attached hydrogens (tertiary/aromatic N) is 5. The van der Waals surface area contributed by atoms with Crippen LogP contribution in [-0.2, 0) is 9.59 Å². The Labute approximate surface area is 194 Å². The Morgan fingerprint density at radius 2 is 1.97 bits per heavy atom. The Kier molecular flexibility index (Phi) is 8.41. The van der Waals surface area contributed by atoms with Crippen LogP contribution in [-0.4, -0.2) is 76.2 Å². The van der Waals surface area contributed by atoms with Crippen molar-refractivity contribution in [3.63, 3.8) is 0 Å². The number of nitrogens with one attached hydrogen (secondary N) is 2. The zero-order valence-electron chi connectivity index (χ0n) is 19.9. The first kappa shape index (κ1) is 25.1. The number of amides is 2. The molecule has 3 atom stereocenters. The third-order valence-electron chi connectivity index (χ3n) is 7.09. The first-order valence-corrected chi connectivity index (χ1v) is 11.7. The van der Waals surface area contributed by atoms with Gasteiger partial charge in [-0.05, 0) is 40.2 Å². The van der Waals surface area contributed by atoms with Crippen molar-refractivity contribution in [2.24, 2.45) is 11.8 Å². The van der Waals surface area contributed by atoms with E-state index in [4.69, 9.17) is 0 Å². The molecule has 3 N–H and O–H groups in total. The smallest absolute Gasteiger partial charge is 0.243 e. The van der Waals surface area contributed by atoms with E-state index in [0.29, 0.717) is 29.8 Å². The van der Waals surface area contributed by atoms with E-state index in [9.17, 15) is 14.8 Å². The summed E-state index contributed by atoms with van der Waals surface area (Å²) >= 11 is 0. The lowest BCUT2D eigenvalue weighted by Crippen LogP contribution is -2.56. The third kappa shape index (κ3) is 6.08. The predicted octanol–water partition coefficient (Wildman–Crippen LogP) is 1.94. The number of rotatable bonds is 9. The van der Waals surface area contributed by atoms with E-state index in [-0.39, 0.29) is 36.7 Å². The van der Waals surface area contributed by atoms with Gasteiger partial charge in [0.05, 0.1) is 12.5 Å². The molecular formula is C22H36FN7O3. The van der Waals surface area contributed by atoms with Crippen molar-refractivity contribution in [3.05, 3.63) is 11.6 Å². The molecule has 0 aromatic carbocycles. The summed E-state index contributed by atoms with van der Waals surface area (Å²) in [6, 6.07) is 0.268. The number of hydrogen-bond donors (Lipinski definition) is 3. The topological polar surface area (TPSA) is 114 Å². The highest BCUT2D eigenvalue weighted by Gasteiger charge is 2.32. The molecule has 2 unspecified atom stereocenters. The number of aryl methyl sites for hydroxylation is 1. The number of aromatic nitrogens is 2. The number of piperazine rings is 1. The molecule has 184 valence electrons. The molecule has 1 aliphatic heterocycles. The lowest BCUT2D eigenvalue weighted by atomic mass is 9.92. The van der Waals surface area contributed by atoms with Gasteiger partial charge in [-0.25, -0.2) is 15.0 Å². The van der Waals surface area contributed by atoms with Crippen LogP contribution in [0.3, 0.4) is 0 Å². The number of likely N-dealkylation sites (N-methyl/N-ethyl adjacent to an activating group) is 1. The summed E-state index contributed by atoms with van der Waals surface area (Å²) in [5.41, 5.74) is 5.14. The fourth-order valence-corrected chi connectivity index (χ4v) is 4.82. The van der Waals surface area contributed by atoms with Crippen LogP contribution >= 0.6 is 0 Å². The van der Waals surface area contributed by atoms with Crippen LogP contribution in [0.4, 0.5) is 16.0 Å². The van der Waals surface area contributed by atoms with Crippen LogP contribution in [0.1, 0.15) is 51.8 Å². The zero-order chi connectivity index (χ0) is 24.1. The molecular weight excluding hydrogens is 429 g/mol. The van der Waals surface area contributed by atoms with Crippen molar-refractivity contribution in [2.45, 2.75) is 65.0 Å². The van der Waals surface area contributed by atoms with Gasteiger partial charge >= 0.3 is 0 Å². The predicted molar refractivity (Wildman–Crippen MR) is 122 cm³/mol. The normalized spacial score (nSPS) is 22.8. The molecule has 1 aromatic rings. The Hall–Kier alpha value is -2.53. The van der Waals surface area contributed by atoms with E-state index in [1.165, 1.54) is 0 Å². The van der Waals surface area contributed by atoms with Crippen LogP contribution in [0, 0.1) is 24.6 Å². The van der Waals surface area contributed by atoms with Gasteiger partial charge in [-0.1, -0.05) is 25.7 Å².